The first-order chi connectivity index (χ1) is 18.0. The van der Waals surface area contributed by atoms with Gasteiger partial charge in [-0.2, -0.15) is 0 Å². The number of ether oxygens (including phenoxy) is 2. The molecule has 4 rings (SSSR count). The molecule has 3 amide bonds. The molecule has 9 nitrogen and oxygen atoms in total. The molecule has 2 atom stereocenters. The number of nitrogens with zero attached hydrogens (tertiary/aromatic N) is 2. The van der Waals surface area contributed by atoms with Crippen molar-refractivity contribution in [2.45, 2.75) is 44.0 Å². The molecule has 0 bridgehead atoms. The lowest BCUT2D eigenvalue weighted by Crippen LogP contribution is -2.66. The second kappa shape index (κ2) is 11.5. The quantitative estimate of drug-likeness (QED) is 0.485. The molecular weight excluding hydrogens is 531 g/mol. The van der Waals surface area contributed by atoms with Crippen molar-refractivity contribution in [1.82, 2.24) is 15.1 Å². The van der Waals surface area contributed by atoms with Crippen molar-refractivity contribution in [2.24, 2.45) is 5.73 Å². The van der Waals surface area contributed by atoms with Gasteiger partial charge < -0.3 is 25.4 Å². The van der Waals surface area contributed by atoms with E-state index in [0.29, 0.717) is 29.6 Å². The van der Waals surface area contributed by atoms with Crippen LogP contribution in [0.1, 0.15) is 25.0 Å². The molecule has 0 aromatic heterocycles. The van der Waals surface area contributed by atoms with Gasteiger partial charge >= 0.3 is 6.09 Å². The summed E-state index contributed by atoms with van der Waals surface area (Å²) < 4.78 is 11.3. The maximum Gasteiger partial charge on any atom is 0.410 e. The summed E-state index contributed by atoms with van der Waals surface area (Å²) >= 11 is 12.2. The number of benzene rings is 2. The highest BCUT2D eigenvalue weighted by Gasteiger charge is 2.52. The third kappa shape index (κ3) is 6.58. The number of piperazine rings is 1. The molecule has 0 saturated carbocycles. The zero-order valence-corrected chi connectivity index (χ0v) is 22.9. The van der Waals surface area contributed by atoms with Crippen molar-refractivity contribution in [3.63, 3.8) is 0 Å². The summed E-state index contributed by atoms with van der Waals surface area (Å²) in [5, 5.41) is 3.69. The average molecular weight is 563 g/mol. The van der Waals surface area contributed by atoms with Crippen LogP contribution in [0.3, 0.4) is 0 Å². The first-order valence-corrected chi connectivity index (χ1v) is 13.1. The number of halogens is 2. The lowest BCUT2D eigenvalue weighted by atomic mass is 9.88. The number of fused-ring (bicyclic) bond motifs is 1. The van der Waals surface area contributed by atoms with Gasteiger partial charge in [0.15, 0.2) is 0 Å². The third-order valence-electron chi connectivity index (χ3n) is 6.69. The van der Waals surface area contributed by atoms with Crippen LogP contribution in [0, 0.1) is 0 Å². The summed E-state index contributed by atoms with van der Waals surface area (Å²) in [5.74, 6) is -0.805. The number of nitrogens with two attached hydrogens (primary N) is 1. The molecule has 2 aromatic rings. The Morgan fingerprint density at radius 2 is 1.82 bits per heavy atom. The molecule has 11 heteroatoms. The van der Waals surface area contributed by atoms with E-state index in [1.807, 2.05) is 30.3 Å². The molecule has 3 N–H and O–H groups in total. The van der Waals surface area contributed by atoms with E-state index in [9.17, 15) is 14.4 Å². The van der Waals surface area contributed by atoms with Crippen molar-refractivity contribution >= 4 is 41.1 Å². The van der Waals surface area contributed by atoms with Crippen molar-refractivity contribution < 1.29 is 23.9 Å². The maximum atomic E-state index is 13.8. The molecule has 204 valence electrons. The van der Waals surface area contributed by atoms with Gasteiger partial charge in [0.05, 0.1) is 18.8 Å². The number of carbonyl (C=O) groups excluding carboxylic acids is 3. The number of cyclic esters (lactones) is 1. The summed E-state index contributed by atoms with van der Waals surface area (Å²) in [5.41, 5.74) is 5.85. The Labute approximate surface area is 232 Å². The second-order valence-electron chi connectivity index (χ2n) is 10.4. The van der Waals surface area contributed by atoms with Gasteiger partial charge in [0.1, 0.15) is 18.2 Å². The Kier molecular flexibility index (Phi) is 8.52. The minimum atomic E-state index is -1.20. The molecule has 0 spiro atoms. The Morgan fingerprint density at radius 1 is 1.13 bits per heavy atom. The molecule has 0 aliphatic carbocycles. The van der Waals surface area contributed by atoms with Gasteiger partial charge in [-0.1, -0.05) is 53.5 Å². The molecule has 2 aliphatic heterocycles. The van der Waals surface area contributed by atoms with Gasteiger partial charge in [0.25, 0.3) is 0 Å². The molecule has 2 aliphatic rings. The van der Waals surface area contributed by atoms with Crippen LogP contribution in [0.5, 0.6) is 0 Å². The highest BCUT2D eigenvalue weighted by Crippen LogP contribution is 2.32. The summed E-state index contributed by atoms with van der Waals surface area (Å²) in [6.45, 7) is 4.22. The Morgan fingerprint density at radius 3 is 2.47 bits per heavy atom. The predicted molar refractivity (Wildman–Crippen MR) is 144 cm³/mol. The highest BCUT2D eigenvalue weighted by molar-refractivity contribution is 6.34. The van der Waals surface area contributed by atoms with Crippen LogP contribution in [-0.2, 0) is 32.1 Å². The average Bonchev–Trinajstić information content (AvgIpc) is 3.17. The van der Waals surface area contributed by atoms with Gasteiger partial charge in [0.2, 0.25) is 11.8 Å². The fraction of sp³-hybridized carbons (Fsp3) is 0.444. The monoisotopic (exact) mass is 562 g/mol. The second-order valence-corrected chi connectivity index (χ2v) is 11.3. The summed E-state index contributed by atoms with van der Waals surface area (Å²) in [4.78, 5) is 42.4. The molecule has 2 aromatic carbocycles. The van der Waals surface area contributed by atoms with Crippen LogP contribution in [0.4, 0.5) is 4.79 Å². The van der Waals surface area contributed by atoms with E-state index < -0.39 is 23.0 Å². The van der Waals surface area contributed by atoms with Gasteiger partial charge in [0, 0.05) is 36.1 Å². The zero-order valence-electron chi connectivity index (χ0n) is 21.4. The van der Waals surface area contributed by atoms with Crippen LogP contribution < -0.4 is 11.1 Å². The normalized spacial score (nSPS) is 20.1. The minimum Gasteiger partial charge on any atom is -0.447 e. The summed E-state index contributed by atoms with van der Waals surface area (Å²) in [6.07, 6.45) is 0.147. The Bertz CT molecular complexity index is 1170. The standard InChI is InChI=1S/C27H32Cl2N4O5/c1-26(2,30)24(35)31-22(15-37-14-19-10-20(28)12-21(29)11-19)23(34)32-8-9-33-25(36)38-17-27(33,16-32)13-18-6-4-3-5-7-18/h3-7,10-12,22H,8-9,13-17,30H2,1-2H3,(H,31,35). The number of hydrogen-bond acceptors (Lipinski definition) is 6. The first-order valence-electron chi connectivity index (χ1n) is 12.4. The van der Waals surface area contributed by atoms with E-state index in [2.05, 4.69) is 5.32 Å². The SMILES string of the molecule is CC(C)(N)C(=O)NC(COCc1cc(Cl)cc(Cl)c1)C(=O)N1CCN2C(=O)OCC2(Cc2ccccc2)C1. The topological polar surface area (TPSA) is 114 Å². The van der Waals surface area contributed by atoms with Crippen molar-refractivity contribution in [1.29, 1.82) is 0 Å². The van der Waals surface area contributed by atoms with E-state index in [4.69, 9.17) is 38.4 Å². The number of rotatable bonds is 9. The van der Waals surface area contributed by atoms with Crippen LogP contribution in [0.2, 0.25) is 10.0 Å². The lowest BCUT2D eigenvalue weighted by molar-refractivity contribution is -0.142. The van der Waals surface area contributed by atoms with Gasteiger partial charge in [-0.15, -0.1) is 0 Å². The predicted octanol–water partition coefficient (Wildman–Crippen LogP) is 3.01. The zero-order chi connectivity index (χ0) is 27.5. The molecule has 2 heterocycles. The summed E-state index contributed by atoms with van der Waals surface area (Å²) in [7, 11) is 0. The molecule has 2 unspecified atom stereocenters. The van der Waals surface area contributed by atoms with Gasteiger partial charge in [-0.05, 0) is 43.2 Å². The Balaban J connectivity index is 1.51. The largest absolute Gasteiger partial charge is 0.447 e. The van der Waals surface area contributed by atoms with Crippen molar-refractivity contribution in [3.8, 4) is 0 Å². The van der Waals surface area contributed by atoms with Crippen LogP contribution in [0.25, 0.3) is 0 Å². The third-order valence-corrected chi connectivity index (χ3v) is 7.12. The number of nitrogens with one attached hydrogen (secondary N) is 1. The molecule has 2 saturated heterocycles. The Hall–Kier alpha value is -2.85. The first kappa shape index (κ1) is 28.2. The molecule has 38 heavy (non-hydrogen) atoms. The smallest absolute Gasteiger partial charge is 0.410 e. The molecular formula is C27H32Cl2N4O5. The van der Waals surface area contributed by atoms with Gasteiger partial charge in [-0.25, -0.2) is 4.79 Å². The molecule has 0 radical (unpaired) electrons. The van der Waals surface area contributed by atoms with E-state index in [1.165, 1.54) is 0 Å². The summed E-state index contributed by atoms with van der Waals surface area (Å²) in [6, 6.07) is 13.8. The number of amides is 3. The minimum absolute atomic E-state index is 0.0912. The highest BCUT2D eigenvalue weighted by atomic mass is 35.5. The maximum absolute atomic E-state index is 13.8. The van der Waals surface area contributed by atoms with Gasteiger partial charge in [-0.3, -0.25) is 14.5 Å². The number of carbonyl (C=O) groups is 3. The number of hydrogen-bond donors (Lipinski definition) is 2. The lowest BCUT2D eigenvalue weighted by Gasteiger charge is -2.45. The van der Waals surface area contributed by atoms with Crippen LogP contribution in [0.15, 0.2) is 48.5 Å². The van der Waals surface area contributed by atoms with Crippen molar-refractivity contribution in [2.75, 3.05) is 32.8 Å². The van der Waals surface area contributed by atoms with E-state index in [-0.39, 0.29) is 38.4 Å². The van der Waals surface area contributed by atoms with Crippen LogP contribution in [-0.4, -0.2) is 77.7 Å². The van der Waals surface area contributed by atoms with Crippen molar-refractivity contribution in [3.05, 3.63) is 69.7 Å². The van der Waals surface area contributed by atoms with E-state index in [1.54, 1.807) is 41.8 Å². The fourth-order valence-corrected chi connectivity index (χ4v) is 5.33. The fourth-order valence-electron chi connectivity index (χ4n) is 4.75. The molecule has 2 fully saturated rings. The van der Waals surface area contributed by atoms with Crippen LogP contribution >= 0.6 is 23.2 Å². The van der Waals surface area contributed by atoms with E-state index >= 15 is 0 Å². The van der Waals surface area contributed by atoms with E-state index in [0.717, 1.165) is 11.1 Å².